The number of piperidine rings is 1. The Morgan fingerprint density at radius 3 is 2.22 bits per heavy atom. The number of halogens is 3. The van der Waals surface area contributed by atoms with Crippen LogP contribution in [0, 0.1) is 18.3 Å². The average Bonchev–Trinajstić information content (AvgIpc) is 2.96. The van der Waals surface area contributed by atoms with Gasteiger partial charge in [0.15, 0.2) is 0 Å². The van der Waals surface area contributed by atoms with Gasteiger partial charge in [0.2, 0.25) is 0 Å². The number of unbranched alkanes of at least 4 members (excludes halogenated alkanes) is 2. The lowest BCUT2D eigenvalue weighted by molar-refractivity contribution is -0.137. The van der Waals surface area contributed by atoms with Crippen molar-refractivity contribution in [3.05, 3.63) is 89.0 Å². The Morgan fingerprint density at radius 1 is 0.927 bits per heavy atom. The third-order valence-corrected chi connectivity index (χ3v) is 8.57. The van der Waals surface area contributed by atoms with Crippen molar-refractivity contribution in [3.63, 3.8) is 0 Å². The topological polar surface area (TPSA) is 79.6 Å². The lowest BCUT2D eigenvalue weighted by Gasteiger charge is -2.34. The van der Waals surface area contributed by atoms with Gasteiger partial charge in [0.05, 0.1) is 35.3 Å². The van der Waals surface area contributed by atoms with Gasteiger partial charge in [0, 0.05) is 18.8 Å². The van der Waals surface area contributed by atoms with E-state index in [-0.39, 0.29) is 17.1 Å². The highest BCUT2D eigenvalue weighted by Crippen LogP contribution is 2.36. The molecule has 0 aliphatic carbocycles. The SMILES string of the molecule is Cc1ccc(S(=O)(=O)OCCCCCOc2ccc(C3CCN(c4ccc(C#N)c(C(F)(F)F)c4)CC3)cc2)cc1. The van der Waals surface area contributed by atoms with Gasteiger partial charge in [0.25, 0.3) is 10.1 Å². The number of nitriles is 1. The van der Waals surface area contributed by atoms with Crippen LogP contribution in [0.4, 0.5) is 18.9 Å². The molecule has 0 atom stereocenters. The molecule has 0 amide bonds. The number of rotatable bonds is 11. The Morgan fingerprint density at radius 2 is 1.59 bits per heavy atom. The van der Waals surface area contributed by atoms with E-state index in [2.05, 4.69) is 0 Å². The third kappa shape index (κ3) is 8.24. The molecule has 0 spiro atoms. The number of alkyl halides is 3. The van der Waals surface area contributed by atoms with E-state index in [4.69, 9.17) is 14.2 Å². The van der Waals surface area contributed by atoms with E-state index in [1.165, 1.54) is 11.6 Å². The lowest BCUT2D eigenvalue weighted by atomic mass is 9.89. The Bertz CT molecular complexity index is 1440. The van der Waals surface area contributed by atoms with E-state index in [9.17, 15) is 21.6 Å². The Labute approximate surface area is 239 Å². The summed E-state index contributed by atoms with van der Waals surface area (Å²) in [7, 11) is -3.74. The number of ether oxygens (including phenoxy) is 1. The monoisotopic (exact) mass is 586 g/mol. The molecule has 0 aromatic heterocycles. The highest BCUT2D eigenvalue weighted by atomic mass is 32.2. The summed E-state index contributed by atoms with van der Waals surface area (Å²) in [5.41, 5.74) is 1.37. The van der Waals surface area contributed by atoms with Crippen LogP contribution in [0.15, 0.2) is 71.6 Å². The zero-order valence-electron chi connectivity index (χ0n) is 22.9. The summed E-state index contributed by atoms with van der Waals surface area (Å²) in [6, 6.07) is 20.0. The number of nitrogens with zero attached hydrogens (tertiary/aromatic N) is 2. The molecule has 218 valence electrons. The summed E-state index contributed by atoms with van der Waals surface area (Å²) in [6.45, 7) is 3.77. The van der Waals surface area contributed by atoms with Crippen LogP contribution in [0.3, 0.4) is 0 Å². The molecule has 1 heterocycles. The quantitative estimate of drug-likeness (QED) is 0.174. The molecule has 3 aromatic carbocycles. The molecule has 1 fully saturated rings. The number of anilines is 1. The summed E-state index contributed by atoms with van der Waals surface area (Å²) in [5, 5.41) is 9.02. The highest BCUT2D eigenvalue weighted by molar-refractivity contribution is 7.86. The third-order valence-electron chi connectivity index (χ3n) is 7.25. The Hall–Kier alpha value is -3.55. The maximum atomic E-state index is 13.3. The largest absolute Gasteiger partial charge is 0.494 e. The van der Waals surface area contributed by atoms with Gasteiger partial charge in [-0.1, -0.05) is 29.8 Å². The molecule has 0 radical (unpaired) electrons. The van der Waals surface area contributed by atoms with E-state index in [0.717, 1.165) is 43.1 Å². The zero-order valence-corrected chi connectivity index (χ0v) is 23.7. The van der Waals surface area contributed by atoms with Crippen LogP contribution in [-0.4, -0.2) is 34.7 Å². The molecule has 1 aliphatic heterocycles. The van der Waals surface area contributed by atoms with Crippen LogP contribution < -0.4 is 9.64 Å². The van der Waals surface area contributed by atoms with Crippen LogP contribution in [-0.2, 0) is 20.5 Å². The predicted octanol–water partition coefficient (Wildman–Crippen LogP) is 7.22. The Kier molecular flexibility index (Phi) is 9.94. The van der Waals surface area contributed by atoms with Crippen LogP contribution in [0.5, 0.6) is 5.75 Å². The van der Waals surface area contributed by atoms with Gasteiger partial charge in [-0.15, -0.1) is 0 Å². The van der Waals surface area contributed by atoms with Gasteiger partial charge in [-0.2, -0.15) is 26.9 Å². The summed E-state index contributed by atoms with van der Waals surface area (Å²) >= 11 is 0. The van der Waals surface area contributed by atoms with Crippen molar-refractivity contribution in [1.29, 1.82) is 5.26 Å². The fraction of sp³-hybridized carbons (Fsp3) is 0.387. The maximum Gasteiger partial charge on any atom is 0.417 e. The van der Waals surface area contributed by atoms with Crippen molar-refractivity contribution in [3.8, 4) is 11.8 Å². The van der Waals surface area contributed by atoms with Gasteiger partial charge in [-0.25, -0.2) is 0 Å². The second-order valence-electron chi connectivity index (χ2n) is 10.2. The van der Waals surface area contributed by atoms with Crippen molar-refractivity contribution in [1.82, 2.24) is 0 Å². The van der Waals surface area contributed by atoms with Crippen LogP contribution in [0.1, 0.15) is 60.3 Å². The summed E-state index contributed by atoms with van der Waals surface area (Å²) in [4.78, 5) is 2.10. The summed E-state index contributed by atoms with van der Waals surface area (Å²) in [6.07, 6.45) is -0.815. The molecule has 1 saturated heterocycles. The van der Waals surface area contributed by atoms with E-state index >= 15 is 0 Å². The molecule has 0 bridgehead atoms. The van der Waals surface area contributed by atoms with Crippen molar-refractivity contribution in [2.45, 2.75) is 56.0 Å². The first kappa shape index (κ1) is 30.4. The van der Waals surface area contributed by atoms with Gasteiger partial charge >= 0.3 is 6.18 Å². The number of hydrogen-bond acceptors (Lipinski definition) is 6. The second kappa shape index (κ2) is 13.4. The van der Waals surface area contributed by atoms with Crippen molar-refractivity contribution >= 4 is 15.8 Å². The Balaban J connectivity index is 1.17. The lowest BCUT2D eigenvalue weighted by Crippen LogP contribution is -2.33. The number of aryl methyl sites for hydroxylation is 1. The first-order valence-corrected chi connectivity index (χ1v) is 15.0. The normalized spacial score (nSPS) is 14.6. The molecule has 4 rings (SSSR count). The molecule has 41 heavy (non-hydrogen) atoms. The molecule has 0 saturated carbocycles. The van der Waals surface area contributed by atoms with Crippen molar-refractivity contribution < 1.29 is 30.5 Å². The van der Waals surface area contributed by atoms with Crippen LogP contribution in [0.2, 0.25) is 0 Å². The van der Waals surface area contributed by atoms with Gasteiger partial charge in [0.1, 0.15) is 5.75 Å². The molecule has 6 nitrogen and oxygen atoms in total. The van der Waals surface area contributed by atoms with Crippen LogP contribution in [0.25, 0.3) is 0 Å². The maximum absolute atomic E-state index is 13.3. The summed E-state index contributed by atoms with van der Waals surface area (Å²) in [5.74, 6) is 1.05. The predicted molar refractivity (Wildman–Crippen MR) is 150 cm³/mol. The minimum Gasteiger partial charge on any atom is -0.494 e. The molecule has 0 N–H and O–H groups in total. The fourth-order valence-electron chi connectivity index (χ4n) is 4.88. The highest BCUT2D eigenvalue weighted by Gasteiger charge is 2.34. The van der Waals surface area contributed by atoms with Crippen LogP contribution >= 0.6 is 0 Å². The molecular formula is C31H33F3N2O4S. The minimum absolute atomic E-state index is 0.123. The fourth-order valence-corrected chi connectivity index (χ4v) is 5.82. The second-order valence-corrected chi connectivity index (χ2v) is 11.8. The first-order chi connectivity index (χ1) is 19.6. The van der Waals surface area contributed by atoms with Gasteiger partial charge in [-0.05, 0) is 93.0 Å². The number of benzene rings is 3. The molecule has 10 heteroatoms. The molecular weight excluding hydrogens is 553 g/mol. The molecule has 1 aliphatic rings. The molecule has 0 unspecified atom stereocenters. The average molecular weight is 587 g/mol. The molecule has 3 aromatic rings. The van der Waals surface area contributed by atoms with Gasteiger partial charge < -0.3 is 9.64 Å². The van der Waals surface area contributed by atoms with Gasteiger partial charge in [-0.3, -0.25) is 4.18 Å². The van der Waals surface area contributed by atoms with Crippen molar-refractivity contribution in [2.75, 3.05) is 31.2 Å². The zero-order chi connectivity index (χ0) is 29.5. The van der Waals surface area contributed by atoms with E-state index in [1.807, 2.05) is 36.1 Å². The number of hydrogen-bond donors (Lipinski definition) is 0. The first-order valence-electron chi connectivity index (χ1n) is 13.6. The van der Waals surface area contributed by atoms with E-state index in [1.54, 1.807) is 36.4 Å². The van der Waals surface area contributed by atoms with E-state index in [0.29, 0.717) is 37.7 Å². The summed E-state index contributed by atoms with van der Waals surface area (Å²) < 4.78 is 75.4. The van der Waals surface area contributed by atoms with Crippen molar-refractivity contribution in [2.24, 2.45) is 0 Å². The minimum atomic E-state index is -4.57. The standard InChI is InChI=1S/C31H33F3N2O4S/c1-23-5-13-29(14-6-23)41(37,38)40-20-4-2-3-19-39-28-11-8-24(9-12-28)25-15-17-36(18-16-25)27-10-7-26(22-35)30(21-27)31(32,33)34/h5-14,21,25H,2-4,15-20H2,1H3. The smallest absolute Gasteiger partial charge is 0.417 e. The van der Waals surface area contributed by atoms with E-state index < -0.39 is 21.9 Å².